The van der Waals surface area contributed by atoms with Crippen LogP contribution in [0, 0.1) is 0 Å². The highest BCUT2D eigenvalue weighted by molar-refractivity contribution is 5.69. The summed E-state index contributed by atoms with van der Waals surface area (Å²) in [6.07, 6.45) is 22.5. The van der Waals surface area contributed by atoms with E-state index < -0.39 is 0 Å². The van der Waals surface area contributed by atoms with E-state index in [0.29, 0.717) is 46.1 Å². The molecular formula is C28H56O5. The zero-order valence-corrected chi connectivity index (χ0v) is 22.2. The lowest BCUT2D eigenvalue weighted by Gasteiger charge is -2.08. The van der Waals surface area contributed by atoms with Crippen LogP contribution in [-0.4, -0.2) is 52.2 Å². The molecule has 0 spiro atoms. The van der Waals surface area contributed by atoms with Gasteiger partial charge in [0.1, 0.15) is 6.61 Å². The molecule has 0 fully saturated rings. The molecule has 0 aromatic carbocycles. The largest absolute Gasteiger partial charge is 0.463 e. The second-order valence-electron chi connectivity index (χ2n) is 9.11. The first-order chi connectivity index (χ1) is 16.3. The molecule has 0 radical (unpaired) electrons. The van der Waals surface area contributed by atoms with Crippen LogP contribution in [0.15, 0.2) is 0 Å². The van der Waals surface area contributed by atoms with Crippen LogP contribution in [0.2, 0.25) is 0 Å². The maximum atomic E-state index is 11.7. The van der Waals surface area contributed by atoms with Crippen LogP contribution < -0.4 is 0 Å². The summed E-state index contributed by atoms with van der Waals surface area (Å²) < 4.78 is 21.6. The van der Waals surface area contributed by atoms with Crippen LogP contribution in [0.3, 0.4) is 0 Å². The summed E-state index contributed by atoms with van der Waals surface area (Å²) in [6.45, 7) is 8.38. The molecule has 5 nitrogen and oxygen atoms in total. The number of carbonyl (C=O) groups is 1. The summed E-state index contributed by atoms with van der Waals surface area (Å²) in [5.41, 5.74) is 0. The van der Waals surface area contributed by atoms with Gasteiger partial charge >= 0.3 is 5.97 Å². The zero-order valence-electron chi connectivity index (χ0n) is 22.2. The third-order valence-electron chi connectivity index (χ3n) is 5.86. The Morgan fingerprint density at radius 3 is 1.27 bits per heavy atom. The van der Waals surface area contributed by atoms with E-state index in [0.717, 1.165) is 25.9 Å². The Morgan fingerprint density at radius 1 is 0.424 bits per heavy atom. The van der Waals surface area contributed by atoms with Gasteiger partial charge in [-0.3, -0.25) is 4.79 Å². The Labute approximate surface area is 205 Å². The van der Waals surface area contributed by atoms with Gasteiger partial charge in [0.15, 0.2) is 0 Å². The first kappa shape index (κ1) is 32.4. The SMILES string of the molecule is CCCCCCCCCCCCCCCC(=O)OCCOCCOCCOCCCCCC. The van der Waals surface area contributed by atoms with Gasteiger partial charge in [0.25, 0.3) is 0 Å². The Balaban J connectivity index is 3.14. The van der Waals surface area contributed by atoms with Gasteiger partial charge in [-0.2, -0.15) is 0 Å². The van der Waals surface area contributed by atoms with E-state index in [9.17, 15) is 4.79 Å². The molecule has 0 atom stereocenters. The Kier molecular flexibility index (Phi) is 28.8. The van der Waals surface area contributed by atoms with Crippen molar-refractivity contribution in [3.63, 3.8) is 0 Å². The standard InChI is InChI=1S/C28H56O5/c1-3-5-7-9-10-11-12-13-14-15-16-17-18-20-28(29)33-27-26-32-25-24-31-23-22-30-21-19-8-6-4-2/h3-27H2,1-2H3. The molecule has 0 aliphatic rings. The summed E-state index contributed by atoms with van der Waals surface area (Å²) in [6, 6.07) is 0. The van der Waals surface area contributed by atoms with Gasteiger partial charge in [-0.1, -0.05) is 110 Å². The van der Waals surface area contributed by atoms with E-state index in [1.165, 1.54) is 89.9 Å². The summed E-state index contributed by atoms with van der Waals surface area (Å²) in [4.78, 5) is 11.7. The maximum absolute atomic E-state index is 11.7. The summed E-state index contributed by atoms with van der Waals surface area (Å²) in [7, 11) is 0. The van der Waals surface area contributed by atoms with Crippen LogP contribution in [0.25, 0.3) is 0 Å². The van der Waals surface area contributed by atoms with Gasteiger partial charge in [0.05, 0.1) is 33.0 Å². The van der Waals surface area contributed by atoms with E-state index in [-0.39, 0.29) is 5.97 Å². The Hall–Kier alpha value is -0.650. The van der Waals surface area contributed by atoms with Crippen molar-refractivity contribution in [1.29, 1.82) is 0 Å². The highest BCUT2D eigenvalue weighted by Gasteiger charge is 2.02. The van der Waals surface area contributed by atoms with Crippen LogP contribution in [0.5, 0.6) is 0 Å². The molecule has 0 saturated heterocycles. The third-order valence-corrected chi connectivity index (χ3v) is 5.86. The van der Waals surface area contributed by atoms with Crippen molar-refractivity contribution < 1.29 is 23.7 Å². The van der Waals surface area contributed by atoms with E-state index in [1.807, 2.05) is 0 Å². The fourth-order valence-electron chi connectivity index (χ4n) is 3.75. The second kappa shape index (κ2) is 29.4. The molecule has 0 aliphatic heterocycles. The molecule has 0 aliphatic carbocycles. The van der Waals surface area contributed by atoms with Gasteiger partial charge in [-0.25, -0.2) is 0 Å². The van der Waals surface area contributed by atoms with Crippen LogP contribution >= 0.6 is 0 Å². The lowest BCUT2D eigenvalue weighted by molar-refractivity contribution is -0.145. The number of esters is 1. The minimum atomic E-state index is -0.103. The van der Waals surface area contributed by atoms with Crippen molar-refractivity contribution >= 4 is 5.97 Å². The highest BCUT2D eigenvalue weighted by Crippen LogP contribution is 2.13. The lowest BCUT2D eigenvalue weighted by Crippen LogP contribution is -2.14. The van der Waals surface area contributed by atoms with Crippen molar-refractivity contribution in [2.45, 2.75) is 129 Å². The minimum Gasteiger partial charge on any atom is -0.463 e. The van der Waals surface area contributed by atoms with E-state index in [1.54, 1.807) is 0 Å². The smallest absolute Gasteiger partial charge is 0.305 e. The van der Waals surface area contributed by atoms with Gasteiger partial charge in [0.2, 0.25) is 0 Å². The molecule has 0 aromatic heterocycles. The predicted octanol–water partition coefficient (Wildman–Crippen LogP) is 7.64. The first-order valence-electron chi connectivity index (χ1n) is 14.2. The van der Waals surface area contributed by atoms with Gasteiger partial charge in [-0.15, -0.1) is 0 Å². The van der Waals surface area contributed by atoms with Crippen LogP contribution in [0.4, 0.5) is 0 Å². The fourth-order valence-corrected chi connectivity index (χ4v) is 3.75. The van der Waals surface area contributed by atoms with Gasteiger partial charge < -0.3 is 18.9 Å². The molecule has 0 saturated carbocycles. The molecular weight excluding hydrogens is 416 g/mol. The minimum absolute atomic E-state index is 0.103. The fraction of sp³-hybridized carbons (Fsp3) is 0.964. The molecule has 0 heterocycles. The summed E-state index contributed by atoms with van der Waals surface area (Å²) >= 11 is 0. The topological polar surface area (TPSA) is 54.0 Å². The molecule has 0 bridgehead atoms. The molecule has 0 amide bonds. The number of hydrogen-bond donors (Lipinski definition) is 0. The first-order valence-corrected chi connectivity index (χ1v) is 14.2. The molecule has 198 valence electrons. The van der Waals surface area contributed by atoms with Crippen molar-refractivity contribution in [2.24, 2.45) is 0 Å². The van der Waals surface area contributed by atoms with Crippen molar-refractivity contribution in [3.8, 4) is 0 Å². The summed E-state index contributed by atoms with van der Waals surface area (Å²) in [5, 5.41) is 0. The quantitative estimate of drug-likeness (QED) is 0.0865. The normalized spacial score (nSPS) is 11.2. The van der Waals surface area contributed by atoms with Crippen LogP contribution in [0.1, 0.15) is 129 Å². The average molecular weight is 473 g/mol. The van der Waals surface area contributed by atoms with Gasteiger partial charge in [0, 0.05) is 13.0 Å². The molecule has 0 aromatic rings. The molecule has 33 heavy (non-hydrogen) atoms. The second-order valence-corrected chi connectivity index (χ2v) is 9.11. The number of carbonyl (C=O) groups excluding carboxylic acids is 1. The van der Waals surface area contributed by atoms with Gasteiger partial charge in [-0.05, 0) is 12.8 Å². The lowest BCUT2D eigenvalue weighted by atomic mass is 10.0. The Bertz CT molecular complexity index is 375. The van der Waals surface area contributed by atoms with Crippen LogP contribution in [-0.2, 0) is 23.7 Å². The van der Waals surface area contributed by atoms with E-state index in [2.05, 4.69) is 13.8 Å². The van der Waals surface area contributed by atoms with Crippen molar-refractivity contribution in [3.05, 3.63) is 0 Å². The van der Waals surface area contributed by atoms with E-state index >= 15 is 0 Å². The monoisotopic (exact) mass is 472 g/mol. The van der Waals surface area contributed by atoms with Crippen molar-refractivity contribution in [1.82, 2.24) is 0 Å². The summed E-state index contributed by atoms with van der Waals surface area (Å²) in [5.74, 6) is -0.103. The molecule has 0 unspecified atom stereocenters. The number of rotatable bonds is 28. The number of hydrogen-bond acceptors (Lipinski definition) is 5. The number of ether oxygens (including phenoxy) is 4. The van der Waals surface area contributed by atoms with Crippen molar-refractivity contribution in [2.75, 3.05) is 46.2 Å². The highest BCUT2D eigenvalue weighted by atomic mass is 16.6. The molecule has 0 N–H and O–H groups in total. The number of unbranched alkanes of at least 4 members (excludes halogenated alkanes) is 15. The maximum Gasteiger partial charge on any atom is 0.305 e. The molecule has 5 heteroatoms. The third kappa shape index (κ3) is 29.3. The molecule has 0 rings (SSSR count). The average Bonchev–Trinajstić information content (AvgIpc) is 2.82. The van der Waals surface area contributed by atoms with E-state index in [4.69, 9.17) is 18.9 Å². The zero-order chi connectivity index (χ0) is 24.1. The Morgan fingerprint density at radius 2 is 0.788 bits per heavy atom. The predicted molar refractivity (Wildman–Crippen MR) is 138 cm³/mol.